The first-order valence-corrected chi connectivity index (χ1v) is 7.06. The summed E-state index contributed by atoms with van der Waals surface area (Å²) >= 11 is 0. The summed E-state index contributed by atoms with van der Waals surface area (Å²) in [5.41, 5.74) is 3.18. The first-order valence-electron chi connectivity index (χ1n) is 7.06. The molecule has 1 fully saturated rings. The lowest BCUT2D eigenvalue weighted by Crippen LogP contribution is -2.36. The van der Waals surface area contributed by atoms with Crippen LogP contribution in [0, 0.1) is 6.92 Å². The van der Waals surface area contributed by atoms with E-state index in [9.17, 15) is 5.11 Å². The third-order valence-electron chi connectivity index (χ3n) is 3.93. The van der Waals surface area contributed by atoms with E-state index in [0.717, 1.165) is 48.3 Å². The quantitative estimate of drug-likeness (QED) is 0.912. The normalized spacial score (nSPS) is 16.6. The molecular weight excluding hydrogens is 252 g/mol. The van der Waals surface area contributed by atoms with Crippen LogP contribution in [0.15, 0.2) is 24.3 Å². The van der Waals surface area contributed by atoms with Crippen LogP contribution < -0.4 is 9.64 Å². The molecule has 0 saturated carbocycles. The molecule has 20 heavy (non-hydrogen) atoms. The highest BCUT2D eigenvalue weighted by Crippen LogP contribution is 2.31. The van der Waals surface area contributed by atoms with E-state index in [2.05, 4.69) is 22.0 Å². The van der Waals surface area contributed by atoms with Gasteiger partial charge in [0.25, 0.3) is 0 Å². The van der Waals surface area contributed by atoms with E-state index in [4.69, 9.17) is 4.74 Å². The van der Waals surface area contributed by atoms with Gasteiger partial charge >= 0.3 is 0 Å². The molecule has 1 aliphatic rings. The Morgan fingerprint density at radius 1 is 1.25 bits per heavy atom. The van der Waals surface area contributed by atoms with Crippen molar-refractivity contribution in [1.82, 2.24) is 4.98 Å². The number of hydrogen-bond donors (Lipinski definition) is 1. The van der Waals surface area contributed by atoms with Crippen LogP contribution in [-0.4, -0.2) is 36.4 Å². The molecule has 0 atom stereocenters. The fourth-order valence-corrected chi connectivity index (χ4v) is 2.81. The lowest BCUT2D eigenvalue weighted by atomic mass is 10.1. The number of aryl methyl sites for hydroxylation is 1. The van der Waals surface area contributed by atoms with Crippen LogP contribution in [0.4, 0.5) is 5.69 Å². The summed E-state index contributed by atoms with van der Waals surface area (Å²) < 4.78 is 5.27. The number of benzene rings is 1. The van der Waals surface area contributed by atoms with Crippen molar-refractivity contribution in [3.8, 4) is 5.75 Å². The monoisotopic (exact) mass is 272 g/mol. The fraction of sp³-hybridized carbons (Fsp3) is 0.438. The minimum absolute atomic E-state index is 0.152. The Morgan fingerprint density at radius 3 is 2.70 bits per heavy atom. The lowest BCUT2D eigenvalue weighted by molar-refractivity contribution is 0.145. The molecule has 0 unspecified atom stereocenters. The second-order valence-electron chi connectivity index (χ2n) is 5.38. The van der Waals surface area contributed by atoms with Crippen LogP contribution in [0.1, 0.15) is 18.5 Å². The maximum absolute atomic E-state index is 9.65. The summed E-state index contributed by atoms with van der Waals surface area (Å²) in [4.78, 5) is 6.94. The maximum atomic E-state index is 9.65. The number of fused-ring (bicyclic) bond motifs is 1. The first-order chi connectivity index (χ1) is 9.67. The van der Waals surface area contributed by atoms with E-state index in [1.807, 2.05) is 19.1 Å². The van der Waals surface area contributed by atoms with E-state index in [1.165, 1.54) is 5.69 Å². The fourth-order valence-electron chi connectivity index (χ4n) is 2.81. The Morgan fingerprint density at radius 2 is 2.00 bits per heavy atom. The van der Waals surface area contributed by atoms with E-state index in [1.54, 1.807) is 7.11 Å². The van der Waals surface area contributed by atoms with Crippen molar-refractivity contribution >= 4 is 16.6 Å². The predicted molar refractivity (Wildman–Crippen MR) is 80.5 cm³/mol. The number of aliphatic hydroxyl groups is 1. The highest BCUT2D eigenvalue weighted by molar-refractivity contribution is 5.92. The van der Waals surface area contributed by atoms with Crippen molar-refractivity contribution < 1.29 is 9.84 Å². The summed E-state index contributed by atoms with van der Waals surface area (Å²) in [5, 5.41) is 10.8. The zero-order chi connectivity index (χ0) is 14.1. The summed E-state index contributed by atoms with van der Waals surface area (Å²) in [6.45, 7) is 3.80. The second kappa shape index (κ2) is 5.29. The number of anilines is 1. The van der Waals surface area contributed by atoms with E-state index >= 15 is 0 Å². The zero-order valence-electron chi connectivity index (χ0n) is 12.0. The number of nitrogens with zero attached hydrogens (tertiary/aromatic N) is 2. The molecule has 2 aromatic rings. The van der Waals surface area contributed by atoms with Gasteiger partial charge in [-0.15, -0.1) is 0 Å². The van der Waals surface area contributed by atoms with Crippen molar-refractivity contribution in [2.24, 2.45) is 0 Å². The highest BCUT2D eigenvalue weighted by atomic mass is 16.5. The topological polar surface area (TPSA) is 45.6 Å². The molecule has 3 rings (SSSR count). The van der Waals surface area contributed by atoms with E-state index in [0.29, 0.717) is 0 Å². The molecular formula is C16H20N2O2. The van der Waals surface area contributed by atoms with Gasteiger partial charge in [-0.05, 0) is 38.0 Å². The summed E-state index contributed by atoms with van der Waals surface area (Å²) in [5.74, 6) is 0.829. The second-order valence-corrected chi connectivity index (χ2v) is 5.38. The van der Waals surface area contributed by atoms with Crippen LogP contribution in [0.3, 0.4) is 0 Å². The number of hydrogen-bond acceptors (Lipinski definition) is 4. The van der Waals surface area contributed by atoms with E-state index in [-0.39, 0.29) is 6.10 Å². The molecule has 1 N–H and O–H groups in total. The number of methoxy groups -OCH3 is 1. The van der Waals surface area contributed by atoms with E-state index < -0.39 is 0 Å². The third kappa shape index (κ3) is 2.43. The third-order valence-corrected chi connectivity index (χ3v) is 3.93. The van der Waals surface area contributed by atoms with Gasteiger partial charge in [-0.1, -0.05) is 0 Å². The molecule has 0 bridgehead atoms. The molecule has 106 valence electrons. The average molecular weight is 272 g/mol. The Bertz CT molecular complexity index is 619. The van der Waals surface area contributed by atoms with Crippen LogP contribution in [-0.2, 0) is 0 Å². The summed E-state index contributed by atoms with van der Waals surface area (Å²) in [6.07, 6.45) is 1.51. The number of aromatic nitrogens is 1. The predicted octanol–water partition coefficient (Wildman–Crippen LogP) is 2.51. The smallest absolute Gasteiger partial charge is 0.121 e. The Kier molecular flexibility index (Phi) is 3.49. The van der Waals surface area contributed by atoms with Gasteiger partial charge in [0.1, 0.15) is 5.75 Å². The molecule has 0 radical (unpaired) electrons. The first kappa shape index (κ1) is 13.2. The lowest BCUT2D eigenvalue weighted by Gasteiger charge is -2.32. The molecule has 1 aromatic carbocycles. The molecule has 1 aliphatic heterocycles. The van der Waals surface area contributed by atoms with Crippen LogP contribution >= 0.6 is 0 Å². The summed E-state index contributed by atoms with van der Waals surface area (Å²) in [7, 11) is 1.67. The van der Waals surface area contributed by atoms with Gasteiger partial charge in [-0.2, -0.15) is 0 Å². The molecule has 4 heteroatoms. The van der Waals surface area contributed by atoms with Crippen LogP contribution in [0.5, 0.6) is 5.75 Å². The minimum Gasteiger partial charge on any atom is -0.497 e. The van der Waals surface area contributed by atoms with Crippen LogP contribution in [0.25, 0.3) is 10.9 Å². The van der Waals surface area contributed by atoms with Gasteiger partial charge in [0, 0.05) is 35.9 Å². The number of pyridine rings is 1. The number of ether oxygens (including phenoxy) is 1. The Hall–Kier alpha value is -1.81. The molecule has 4 nitrogen and oxygen atoms in total. The standard InChI is InChI=1S/C16H20N2O2/c1-11-9-16(18-7-5-12(19)6-8-18)14-4-3-13(20-2)10-15(14)17-11/h3-4,9-10,12,19H,5-8H2,1-2H3. The number of piperidine rings is 1. The number of aliphatic hydroxyl groups excluding tert-OH is 1. The Balaban J connectivity index is 2.05. The van der Waals surface area contributed by atoms with Gasteiger partial charge < -0.3 is 14.7 Å². The minimum atomic E-state index is -0.152. The SMILES string of the molecule is COc1ccc2c(N3CCC(O)CC3)cc(C)nc2c1. The van der Waals surface area contributed by atoms with Gasteiger partial charge in [0.15, 0.2) is 0 Å². The molecule has 1 aromatic heterocycles. The van der Waals surface area contributed by atoms with Crippen LogP contribution in [0.2, 0.25) is 0 Å². The highest BCUT2D eigenvalue weighted by Gasteiger charge is 2.19. The van der Waals surface area contributed by atoms with Gasteiger partial charge in [0.05, 0.1) is 18.7 Å². The van der Waals surface area contributed by atoms with Crippen molar-refractivity contribution in [2.45, 2.75) is 25.9 Å². The summed E-state index contributed by atoms with van der Waals surface area (Å²) in [6, 6.07) is 8.15. The van der Waals surface area contributed by atoms with Crippen molar-refractivity contribution in [3.05, 3.63) is 30.0 Å². The molecule has 0 aliphatic carbocycles. The number of rotatable bonds is 2. The van der Waals surface area contributed by atoms with Crippen molar-refractivity contribution in [1.29, 1.82) is 0 Å². The molecule has 0 spiro atoms. The largest absolute Gasteiger partial charge is 0.497 e. The molecule has 2 heterocycles. The zero-order valence-corrected chi connectivity index (χ0v) is 12.0. The maximum Gasteiger partial charge on any atom is 0.121 e. The van der Waals surface area contributed by atoms with Gasteiger partial charge in [-0.25, -0.2) is 0 Å². The molecule has 1 saturated heterocycles. The Labute approximate surface area is 119 Å². The van der Waals surface area contributed by atoms with Crippen molar-refractivity contribution in [3.63, 3.8) is 0 Å². The van der Waals surface area contributed by atoms with Gasteiger partial charge in [-0.3, -0.25) is 4.98 Å². The van der Waals surface area contributed by atoms with Gasteiger partial charge in [0.2, 0.25) is 0 Å². The molecule has 0 amide bonds. The van der Waals surface area contributed by atoms with Crippen molar-refractivity contribution in [2.75, 3.05) is 25.1 Å². The average Bonchev–Trinajstić information content (AvgIpc) is 2.46.